The number of carbonyl (C=O) groups excluding carboxylic acids is 3. The van der Waals surface area contributed by atoms with E-state index in [9.17, 15) is 14.4 Å². The predicted octanol–water partition coefficient (Wildman–Crippen LogP) is 2.90. The summed E-state index contributed by atoms with van der Waals surface area (Å²) in [6, 6.07) is 15.8. The van der Waals surface area contributed by atoms with Gasteiger partial charge in [0, 0.05) is 30.9 Å². The van der Waals surface area contributed by atoms with E-state index in [1.54, 1.807) is 47.3 Å². The van der Waals surface area contributed by atoms with Crippen LogP contribution in [0.2, 0.25) is 0 Å². The number of nitrogens with zero attached hydrogens (tertiary/aromatic N) is 2. The predicted molar refractivity (Wildman–Crippen MR) is 112 cm³/mol. The number of esters is 1. The minimum Gasteiger partial charge on any atom is -0.454 e. The van der Waals surface area contributed by atoms with Crippen molar-refractivity contribution in [3.63, 3.8) is 0 Å². The zero-order chi connectivity index (χ0) is 21.5. The zero-order valence-corrected chi connectivity index (χ0v) is 16.9. The second-order valence-electron chi connectivity index (χ2n) is 6.86. The van der Waals surface area contributed by atoms with Crippen LogP contribution in [0.25, 0.3) is 5.69 Å². The van der Waals surface area contributed by atoms with E-state index in [0.29, 0.717) is 24.1 Å². The molecule has 0 fully saturated rings. The normalized spacial score (nSPS) is 10.5. The lowest BCUT2D eigenvalue weighted by Gasteiger charge is -2.07. The first kappa shape index (κ1) is 21.0. The number of aromatic nitrogens is 2. The fourth-order valence-corrected chi connectivity index (χ4v) is 2.92. The summed E-state index contributed by atoms with van der Waals surface area (Å²) >= 11 is 0. The van der Waals surface area contributed by atoms with E-state index in [2.05, 4.69) is 10.4 Å². The van der Waals surface area contributed by atoms with Gasteiger partial charge in [-0.1, -0.05) is 24.3 Å². The van der Waals surface area contributed by atoms with E-state index < -0.39 is 5.97 Å². The summed E-state index contributed by atoms with van der Waals surface area (Å²) in [4.78, 5) is 35.4. The van der Waals surface area contributed by atoms with Crippen molar-refractivity contribution >= 4 is 17.7 Å². The molecule has 3 rings (SSSR count). The lowest BCUT2D eigenvalue weighted by atomic mass is 10.1. The molecule has 1 N–H and O–H groups in total. The molecule has 0 bridgehead atoms. The maximum atomic E-state index is 12.3. The van der Waals surface area contributed by atoms with Gasteiger partial charge in [-0.25, -0.2) is 9.48 Å². The van der Waals surface area contributed by atoms with Gasteiger partial charge in [0.1, 0.15) is 0 Å². The van der Waals surface area contributed by atoms with Crippen LogP contribution in [0.5, 0.6) is 0 Å². The summed E-state index contributed by atoms with van der Waals surface area (Å²) in [5.74, 6) is -0.908. The van der Waals surface area contributed by atoms with Gasteiger partial charge in [0.25, 0.3) is 0 Å². The van der Waals surface area contributed by atoms with Gasteiger partial charge in [-0.2, -0.15) is 5.10 Å². The molecule has 1 aromatic heterocycles. The van der Waals surface area contributed by atoms with E-state index >= 15 is 0 Å². The molecule has 0 aliphatic rings. The van der Waals surface area contributed by atoms with Gasteiger partial charge in [0.05, 0.1) is 11.3 Å². The molecule has 0 spiro atoms. The fraction of sp³-hybridized carbons (Fsp3) is 0.217. The van der Waals surface area contributed by atoms with Crippen molar-refractivity contribution in [3.8, 4) is 5.69 Å². The third-order valence-corrected chi connectivity index (χ3v) is 4.58. The summed E-state index contributed by atoms with van der Waals surface area (Å²) in [5.41, 5.74) is 3.66. The van der Waals surface area contributed by atoms with Crippen molar-refractivity contribution in [2.75, 3.05) is 13.2 Å². The molecule has 3 aromatic rings. The topological polar surface area (TPSA) is 90.3 Å². The minimum absolute atomic E-state index is 0.0743. The van der Waals surface area contributed by atoms with Gasteiger partial charge < -0.3 is 10.1 Å². The maximum absolute atomic E-state index is 12.3. The van der Waals surface area contributed by atoms with Crippen LogP contribution in [-0.4, -0.2) is 40.6 Å². The first-order valence-electron chi connectivity index (χ1n) is 9.59. The number of ether oxygens (including phenoxy) is 1. The van der Waals surface area contributed by atoms with E-state index in [-0.39, 0.29) is 18.3 Å². The highest BCUT2D eigenvalue weighted by molar-refractivity contribution is 5.99. The van der Waals surface area contributed by atoms with Gasteiger partial charge in [0.2, 0.25) is 5.91 Å². The SMILES string of the molecule is CC(=O)NCCc1ccc(C(=O)COC(=O)c2ccc(-n3nccc3C)cc2)cc1. The Kier molecular flexibility index (Phi) is 6.75. The average molecular weight is 405 g/mol. The highest BCUT2D eigenvalue weighted by Crippen LogP contribution is 2.13. The van der Waals surface area contributed by atoms with Gasteiger partial charge >= 0.3 is 5.97 Å². The first-order valence-corrected chi connectivity index (χ1v) is 9.59. The third kappa shape index (κ3) is 5.41. The van der Waals surface area contributed by atoms with E-state index in [4.69, 9.17) is 4.74 Å². The van der Waals surface area contributed by atoms with Crippen LogP contribution in [0.4, 0.5) is 0 Å². The van der Waals surface area contributed by atoms with Crippen LogP contribution in [0.3, 0.4) is 0 Å². The number of aryl methyl sites for hydroxylation is 1. The second-order valence-corrected chi connectivity index (χ2v) is 6.86. The number of rotatable bonds is 8. The second kappa shape index (κ2) is 9.65. The molecule has 30 heavy (non-hydrogen) atoms. The van der Waals surface area contributed by atoms with E-state index in [0.717, 1.165) is 16.9 Å². The van der Waals surface area contributed by atoms with Crippen molar-refractivity contribution < 1.29 is 19.1 Å². The molecule has 1 amide bonds. The molecular weight excluding hydrogens is 382 g/mol. The number of hydrogen-bond acceptors (Lipinski definition) is 5. The Morgan fingerprint density at radius 1 is 0.967 bits per heavy atom. The van der Waals surface area contributed by atoms with Crippen molar-refractivity contribution in [1.29, 1.82) is 0 Å². The number of hydrogen-bond donors (Lipinski definition) is 1. The van der Waals surface area contributed by atoms with Crippen molar-refractivity contribution in [2.45, 2.75) is 20.3 Å². The highest BCUT2D eigenvalue weighted by atomic mass is 16.5. The van der Waals surface area contributed by atoms with Crippen LogP contribution < -0.4 is 5.32 Å². The van der Waals surface area contributed by atoms with Crippen LogP contribution in [0, 0.1) is 6.92 Å². The number of ketones is 1. The molecule has 2 aromatic carbocycles. The Hall–Kier alpha value is -3.74. The molecule has 1 heterocycles. The molecule has 154 valence electrons. The molecule has 0 aliphatic carbocycles. The van der Waals surface area contributed by atoms with Crippen molar-refractivity contribution in [2.24, 2.45) is 0 Å². The number of nitrogens with one attached hydrogen (secondary N) is 1. The Balaban J connectivity index is 1.52. The molecule has 7 nitrogen and oxygen atoms in total. The Morgan fingerprint density at radius 3 is 2.23 bits per heavy atom. The van der Waals surface area contributed by atoms with Crippen LogP contribution in [0.1, 0.15) is 38.9 Å². The largest absolute Gasteiger partial charge is 0.454 e. The molecule has 0 aliphatic heterocycles. The summed E-state index contributed by atoms with van der Waals surface area (Å²) in [7, 11) is 0. The van der Waals surface area contributed by atoms with Crippen LogP contribution in [-0.2, 0) is 16.0 Å². The zero-order valence-electron chi connectivity index (χ0n) is 16.9. The summed E-state index contributed by atoms with van der Waals surface area (Å²) < 4.78 is 6.92. The smallest absolute Gasteiger partial charge is 0.338 e. The Bertz CT molecular complexity index is 1040. The molecule has 0 saturated carbocycles. The first-order chi connectivity index (χ1) is 14.4. The third-order valence-electron chi connectivity index (χ3n) is 4.58. The van der Waals surface area contributed by atoms with Gasteiger partial charge in [0.15, 0.2) is 12.4 Å². The average Bonchev–Trinajstić information content (AvgIpc) is 3.18. The van der Waals surface area contributed by atoms with Crippen molar-refractivity contribution in [3.05, 3.63) is 83.2 Å². The molecule has 0 atom stereocenters. The Labute approximate surface area is 174 Å². The molecule has 0 radical (unpaired) electrons. The fourth-order valence-electron chi connectivity index (χ4n) is 2.92. The quantitative estimate of drug-likeness (QED) is 0.460. The monoisotopic (exact) mass is 405 g/mol. The van der Waals surface area contributed by atoms with Gasteiger partial charge in [-0.3, -0.25) is 9.59 Å². The summed E-state index contributed by atoms with van der Waals surface area (Å²) in [6.45, 7) is 3.62. The lowest BCUT2D eigenvalue weighted by Crippen LogP contribution is -2.22. The van der Waals surface area contributed by atoms with E-state index in [1.165, 1.54) is 6.92 Å². The molecule has 0 unspecified atom stereocenters. The van der Waals surface area contributed by atoms with Gasteiger partial charge in [-0.05, 0) is 49.2 Å². The molecular formula is C23H23N3O4. The molecule has 0 saturated heterocycles. The number of amides is 1. The lowest BCUT2D eigenvalue weighted by molar-refractivity contribution is -0.118. The summed E-state index contributed by atoms with van der Waals surface area (Å²) in [5, 5.41) is 6.95. The van der Waals surface area contributed by atoms with Crippen molar-refractivity contribution in [1.82, 2.24) is 15.1 Å². The standard InChI is InChI=1S/C23H23N3O4/c1-16-11-14-25-26(16)21-9-7-20(8-10-21)23(29)30-15-22(28)19-5-3-18(4-6-19)12-13-24-17(2)27/h3-11,14H,12-13,15H2,1-2H3,(H,24,27). The minimum atomic E-state index is -0.556. The van der Waals surface area contributed by atoms with Gasteiger partial charge in [-0.15, -0.1) is 0 Å². The van der Waals surface area contributed by atoms with E-state index in [1.807, 2.05) is 25.1 Å². The molecule has 7 heteroatoms. The number of carbonyl (C=O) groups is 3. The number of Topliss-reactive ketones (excluding diaryl/α,β-unsaturated/α-hetero) is 1. The van der Waals surface area contributed by atoms with Crippen LogP contribution >= 0.6 is 0 Å². The number of benzene rings is 2. The Morgan fingerprint density at radius 2 is 1.63 bits per heavy atom. The van der Waals surface area contributed by atoms with Crippen LogP contribution in [0.15, 0.2) is 60.8 Å². The maximum Gasteiger partial charge on any atom is 0.338 e. The summed E-state index contributed by atoms with van der Waals surface area (Å²) in [6.07, 6.45) is 2.38. The highest BCUT2D eigenvalue weighted by Gasteiger charge is 2.12.